The summed E-state index contributed by atoms with van der Waals surface area (Å²) in [4.78, 5) is 14.5. The predicted octanol–water partition coefficient (Wildman–Crippen LogP) is 1.07. The van der Waals surface area contributed by atoms with Gasteiger partial charge in [-0.25, -0.2) is 0 Å². The molecule has 0 aromatic heterocycles. The van der Waals surface area contributed by atoms with E-state index in [1.807, 2.05) is 18.7 Å². The van der Waals surface area contributed by atoms with Crippen LogP contribution in [0.5, 0.6) is 0 Å². The lowest BCUT2D eigenvalue weighted by atomic mass is 10.1. The van der Waals surface area contributed by atoms with Crippen molar-refractivity contribution in [3.05, 3.63) is 0 Å². The zero-order valence-corrected chi connectivity index (χ0v) is 13.0. The molecule has 1 heterocycles. The maximum Gasteiger partial charge on any atom is 0.237 e. The highest BCUT2D eigenvalue weighted by Gasteiger charge is 2.34. The van der Waals surface area contributed by atoms with Crippen molar-refractivity contribution >= 4 is 17.7 Å². The molecule has 1 atom stereocenters. The molecule has 1 aliphatic heterocycles. The first-order valence-corrected chi connectivity index (χ1v) is 8.67. The van der Waals surface area contributed by atoms with E-state index in [0.717, 1.165) is 32.7 Å². The summed E-state index contributed by atoms with van der Waals surface area (Å²) in [5.41, 5.74) is 0. The normalized spacial score (nSPS) is 25.2. The standard InChI is InChI=1S/C14H27N3OS/c1-12(17-9-7-15-8-10-17)13(18)16-11-14(19-2)5-3-4-6-14/h12,15H,3-11H2,1-2H3,(H,16,18). The summed E-state index contributed by atoms with van der Waals surface area (Å²) in [6, 6.07) is 0.00223. The van der Waals surface area contributed by atoms with Crippen LogP contribution in [0.2, 0.25) is 0 Å². The van der Waals surface area contributed by atoms with Crippen LogP contribution in [0.25, 0.3) is 0 Å². The maximum absolute atomic E-state index is 12.3. The molecule has 19 heavy (non-hydrogen) atoms. The molecule has 0 bridgehead atoms. The third-order valence-electron chi connectivity index (χ3n) is 4.61. The maximum atomic E-state index is 12.3. The van der Waals surface area contributed by atoms with Gasteiger partial charge < -0.3 is 10.6 Å². The van der Waals surface area contributed by atoms with Gasteiger partial charge in [0.15, 0.2) is 0 Å². The summed E-state index contributed by atoms with van der Waals surface area (Å²) in [5.74, 6) is 0.197. The number of hydrogen-bond donors (Lipinski definition) is 2. The first kappa shape index (κ1) is 15.1. The Balaban J connectivity index is 1.79. The molecular weight excluding hydrogens is 258 g/mol. The van der Waals surface area contributed by atoms with Crippen molar-refractivity contribution in [3.8, 4) is 0 Å². The average Bonchev–Trinajstić information content (AvgIpc) is 2.94. The van der Waals surface area contributed by atoms with Crippen LogP contribution < -0.4 is 10.6 Å². The Kier molecular flexibility index (Phi) is 5.54. The second-order valence-corrected chi connectivity index (χ2v) is 7.05. The summed E-state index contributed by atoms with van der Waals surface area (Å²) >= 11 is 1.93. The first-order valence-electron chi connectivity index (χ1n) is 7.44. The Morgan fingerprint density at radius 1 is 1.37 bits per heavy atom. The van der Waals surface area contributed by atoms with Crippen LogP contribution in [-0.2, 0) is 4.79 Å². The van der Waals surface area contributed by atoms with E-state index in [1.54, 1.807) is 0 Å². The molecule has 110 valence electrons. The average molecular weight is 285 g/mol. The zero-order valence-electron chi connectivity index (χ0n) is 12.2. The number of nitrogens with zero attached hydrogens (tertiary/aromatic N) is 1. The minimum absolute atomic E-state index is 0.00223. The lowest BCUT2D eigenvalue weighted by Crippen LogP contribution is -2.54. The molecule has 0 aromatic carbocycles. The Bertz CT molecular complexity index is 299. The van der Waals surface area contributed by atoms with Crippen molar-refractivity contribution in [1.82, 2.24) is 15.5 Å². The van der Waals surface area contributed by atoms with Crippen molar-refractivity contribution in [2.75, 3.05) is 39.0 Å². The number of hydrogen-bond acceptors (Lipinski definition) is 4. The second-order valence-electron chi connectivity index (χ2n) is 5.77. The van der Waals surface area contributed by atoms with Gasteiger partial charge >= 0.3 is 0 Å². The molecule has 2 fully saturated rings. The summed E-state index contributed by atoms with van der Waals surface area (Å²) in [7, 11) is 0. The summed E-state index contributed by atoms with van der Waals surface area (Å²) in [5, 5.41) is 6.52. The lowest BCUT2D eigenvalue weighted by molar-refractivity contribution is -0.126. The number of carbonyl (C=O) groups is 1. The quantitative estimate of drug-likeness (QED) is 0.793. The third kappa shape index (κ3) is 3.86. The van der Waals surface area contributed by atoms with Gasteiger partial charge in [-0.05, 0) is 26.0 Å². The molecule has 1 aliphatic carbocycles. The number of thioether (sulfide) groups is 1. The van der Waals surface area contributed by atoms with Crippen LogP contribution in [0, 0.1) is 0 Å². The van der Waals surface area contributed by atoms with Crippen molar-refractivity contribution in [2.45, 2.75) is 43.4 Å². The van der Waals surface area contributed by atoms with E-state index in [2.05, 4.69) is 21.8 Å². The van der Waals surface area contributed by atoms with Crippen LogP contribution in [-0.4, -0.2) is 60.6 Å². The fourth-order valence-corrected chi connectivity index (χ4v) is 4.02. The molecule has 1 saturated heterocycles. The number of carbonyl (C=O) groups excluding carboxylic acids is 1. The topological polar surface area (TPSA) is 44.4 Å². The van der Waals surface area contributed by atoms with Crippen LogP contribution in [0.4, 0.5) is 0 Å². The van der Waals surface area contributed by atoms with E-state index in [0.29, 0.717) is 4.75 Å². The van der Waals surface area contributed by atoms with Crippen molar-refractivity contribution in [3.63, 3.8) is 0 Å². The van der Waals surface area contributed by atoms with Crippen LogP contribution >= 0.6 is 11.8 Å². The van der Waals surface area contributed by atoms with Crippen LogP contribution in [0.15, 0.2) is 0 Å². The molecule has 2 aliphatic rings. The fourth-order valence-electron chi connectivity index (χ4n) is 3.10. The smallest absolute Gasteiger partial charge is 0.237 e. The van der Waals surface area contributed by atoms with Gasteiger partial charge in [0, 0.05) is 37.5 Å². The van der Waals surface area contributed by atoms with Crippen LogP contribution in [0.1, 0.15) is 32.6 Å². The SMILES string of the molecule is CSC1(CNC(=O)C(C)N2CCNCC2)CCCC1. The van der Waals surface area contributed by atoms with Gasteiger partial charge in [0.1, 0.15) is 0 Å². The molecule has 1 unspecified atom stereocenters. The van der Waals surface area contributed by atoms with E-state index in [-0.39, 0.29) is 11.9 Å². The molecule has 5 heteroatoms. The van der Waals surface area contributed by atoms with Crippen molar-refractivity contribution in [1.29, 1.82) is 0 Å². The summed E-state index contributed by atoms with van der Waals surface area (Å²) < 4.78 is 0.304. The lowest BCUT2D eigenvalue weighted by Gasteiger charge is -2.33. The monoisotopic (exact) mass is 285 g/mol. The van der Waals surface area contributed by atoms with Gasteiger partial charge in [-0.3, -0.25) is 9.69 Å². The van der Waals surface area contributed by atoms with Gasteiger partial charge in [0.2, 0.25) is 5.91 Å². The number of rotatable bonds is 5. The van der Waals surface area contributed by atoms with Crippen LogP contribution in [0.3, 0.4) is 0 Å². The minimum atomic E-state index is 0.00223. The molecule has 0 aromatic rings. The predicted molar refractivity (Wildman–Crippen MR) is 81.6 cm³/mol. The highest BCUT2D eigenvalue weighted by atomic mass is 32.2. The Labute approximate surface area is 121 Å². The molecule has 1 saturated carbocycles. The third-order valence-corrected chi connectivity index (χ3v) is 6.03. The first-order chi connectivity index (χ1) is 9.17. The Hall–Kier alpha value is -0.260. The number of amides is 1. The number of nitrogens with one attached hydrogen (secondary N) is 2. The van der Waals surface area contributed by atoms with E-state index >= 15 is 0 Å². The Morgan fingerprint density at radius 3 is 2.58 bits per heavy atom. The highest BCUT2D eigenvalue weighted by Crippen LogP contribution is 2.39. The molecule has 2 N–H and O–H groups in total. The fraction of sp³-hybridized carbons (Fsp3) is 0.929. The van der Waals surface area contributed by atoms with Crippen molar-refractivity contribution < 1.29 is 4.79 Å². The van der Waals surface area contributed by atoms with Gasteiger partial charge in [-0.15, -0.1) is 0 Å². The minimum Gasteiger partial charge on any atom is -0.353 e. The van der Waals surface area contributed by atoms with Gasteiger partial charge in [-0.1, -0.05) is 12.8 Å². The molecule has 4 nitrogen and oxygen atoms in total. The van der Waals surface area contributed by atoms with E-state index < -0.39 is 0 Å². The number of piperazine rings is 1. The summed E-state index contributed by atoms with van der Waals surface area (Å²) in [6.07, 6.45) is 7.29. The molecule has 0 spiro atoms. The van der Waals surface area contributed by atoms with Gasteiger partial charge in [0.25, 0.3) is 0 Å². The zero-order chi connectivity index (χ0) is 13.7. The molecule has 1 amide bonds. The van der Waals surface area contributed by atoms with Gasteiger partial charge in [-0.2, -0.15) is 11.8 Å². The van der Waals surface area contributed by atoms with E-state index in [1.165, 1.54) is 25.7 Å². The Morgan fingerprint density at radius 2 is 2.00 bits per heavy atom. The molecule has 0 radical (unpaired) electrons. The molecular formula is C14H27N3OS. The summed E-state index contributed by atoms with van der Waals surface area (Å²) in [6.45, 7) is 6.80. The molecule has 2 rings (SSSR count). The second kappa shape index (κ2) is 6.95. The largest absolute Gasteiger partial charge is 0.353 e. The van der Waals surface area contributed by atoms with E-state index in [9.17, 15) is 4.79 Å². The highest BCUT2D eigenvalue weighted by molar-refractivity contribution is 8.00. The van der Waals surface area contributed by atoms with E-state index in [4.69, 9.17) is 0 Å². The van der Waals surface area contributed by atoms with Crippen molar-refractivity contribution in [2.24, 2.45) is 0 Å². The van der Waals surface area contributed by atoms with Gasteiger partial charge in [0.05, 0.1) is 6.04 Å².